The second kappa shape index (κ2) is 9.54. The van der Waals surface area contributed by atoms with E-state index in [0.717, 1.165) is 38.9 Å². The highest BCUT2D eigenvalue weighted by Crippen LogP contribution is 2.35. The van der Waals surface area contributed by atoms with E-state index in [1.54, 1.807) is 23.5 Å². The summed E-state index contributed by atoms with van der Waals surface area (Å²) in [6.07, 6.45) is 3.65. The Morgan fingerprint density at radius 1 is 1.15 bits per heavy atom. The first-order valence-electron chi connectivity index (χ1n) is 11.4. The van der Waals surface area contributed by atoms with Gasteiger partial charge in [-0.3, -0.25) is 9.69 Å². The zero-order valence-corrected chi connectivity index (χ0v) is 20.0. The molecule has 10 heteroatoms. The molecule has 2 saturated heterocycles. The lowest BCUT2D eigenvalue weighted by molar-refractivity contribution is 0.0169. The average molecular weight is 489 g/mol. The van der Waals surface area contributed by atoms with Crippen LogP contribution in [0.5, 0.6) is 0 Å². The first-order chi connectivity index (χ1) is 16.0. The fourth-order valence-electron chi connectivity index (χ4n) is 4.69. The van der Waals surface area contributed by atoms with Crippen molar-refractivity contribution in [3.63, 3.8) is 0 Å². The molecule has 1 aromatic heterocycles. The minimum atomic E-state index is -3.82. The molecular formula is C23H28N4O4S2. The van der Waals surface area contributed by atoms with E-state index in [0.29, 0.717) is 43.3 Å². The molecule has 1 amide bonds. The third-order valence-corrected chi connectivity index (χ3v) is 8.73. The number of ether oxygens (including phenoxy) is 1. The summed E-state index contributed by atoms with van der Waals surface area (Å²) in [6, 6.07) is 9.09. The molecule has 8 nitrogen and oxygen atoms in total. The number of hydrogen-bond donors (Lipinski definition) is 1. The molecule has 1 aromatic carbocycles. The first-order valence-corrected chi connectivity index (χ1v) is 13.7. The topological polar surface area (TPSA) is 91.3 Å². The van der Waals surface area contributed by atoms with Gasteiger partial charge in [-0.25, -0.2) is 0 Å². The SMILES string of the molecule is O=C(NC[C@@H](c1cccs1)N1CCOCC1)c1ccc2c(c1)S(=O)(=O)N=C1CCCCCN12. The lowest BCUT2D eigenvalue weighted by Gasteiger charge is -2.34. The third-order valence-electron chi connectivity index (χ3n) is 6.42. The van der Waals surface area contributed by atoms with E-state index in [4.69, 9.17) is 4.74 Å². The minimum Gasteiger partial charge on any atom is -0.379 e. The van der Waals surface area contributed by atoms with Crippen molar-refractivity contribution in [2.75, 3.05) is 44.3 Å². The highest BCUT2D eigenvalue weighted by molar-refractivity contribution is 7.90. The van der Waals surface area contributed by atoms with Crippen molar-refractivity contribution < 1.29 is 17.9 Å². The molecule has 0 aliphatic carbocycles. The largest absolute Gasteiger partial charge is 0.379 e. The number of amidine groups is 1. The maximum absolute atomic E-state index is 13.0. The number of rotatable bonds is 5. The number of anilines is 1. The Balaban J connectivity index is 1.36. The van der Waals surface area contributed by atoms with Crippen molar-refractivity contribution in [3.05, 3.63) is 46.2 Å². The summed E-state index contributed by atoms with van der Waals surface area (Å²) in [5, 5.41) is 5.06. The fraction of sp³-hybridized carbons (Fsp3) is 0.478. The van der Waals surface area contributed by atoms with Crippen molar-refractivity contribution in [2.24, 2.45) is 4.40 Å². The Labute approximate surface area is 198 Å². The molecule has 4 heterocycles. The molecule has 1 N–H and O–H groups in total. The highest BCUT2D eigenvalue weighted by Gasteiger charge is 2.32. The van der Waals surface area contributed by atoms with Crippen LogP contribution >= 0.6 is 11.3 Å². The number of thiophene rings is 1. The number of morpholine rings is 1. The van der Waals surface area contributed by atoms with Gasteiger partial charge >= 0.3 is 0 Å². The van der Waals surface area contributed by atoms with Gasteiger partial charge in [-0.2, -0.15) is 8.42 Å². The van der Waals surface area contributed by atoms with Crippen LogP contribution in [0.4, 0.5) is 5.69 Å². The molecule has 0 bridgehead atoms. The number of nitrogens with one attached hydrogen (secondary N) is 1. The van der Waals surface area contributed by atoms with Crippen LogP contribution in [0.1, 0.15) is 47.0 Å². The highest BCUT2D eigenvalue weighted by atomic mass is 32.2. The molecule has 176 valence electrons. The van der Waals surface area contributed by atoms with Crippen LogP contribution in [0.15, 0.2) is 45.0 Å². The van der Waals surface area contributed by atoms with E-state index >= 15 is 0 Å². The number of carbonyl (C=O) groups is 1. The summed E-state index contributed by atoms with van der Waals surface area (Å²) in [5.74, 6) is 0.329. The summed E-state index contributed by atoms with van der Waals surface area (Å²) in [7, 11) is -3.82. The lowest BCUT2D eigenvalue weighted by atomic mass is 10.1. The van der Waals surface area contributed by atoms with Gasteiger partial charge in [-0.05, 0) is 42.5 Å². The summed E-state index contributed by atoms with van der Waals surface area (Å²) in [4.78, 5) is 18.7. The van der Waals surface area contributed by atoms with E-state index < -0.39 is 10.0 Å². The van der Waals surface area contributed by atoms with Gasteiger partial charge in [0.05, 0.1) is 24.9 Å². The summed E-state index contributed by atoms with van der Waals surface area (Å²) < 4.78 is 35.3. The monoisotopic (exact) mass is 488 g/mol. The normalized spacial score (nSPS) is 21.3. The number of fused-ring (bicyclic) bond motifs is 3. The van der Waals surface area contributed by atoms with Gasteiger partial charge in [0.15, 0.2) is 0 Å². The van der Waals surface area contributed by atoms with Crippen LogP contribution < -0.4 is 10.2 Å². The molecule has 3 aliphatic rings. The molecule has 33 heavy (non-hydrogen) atoms. The van der Waals surface area contributed by atoms with Gasteiger partial charge in [0, 0.05) is 43.0 Å². The lowest BCUT2D eigenvalue weighted by Crippen LogP contribution is -2.43. The van der Waals surface area contributed by atoms with Crippen LogP contribution in [-0.2, 0) is 14.8 Å². The molecule has 0 spiro atoms. The van der Waals surface area contributed by atoms with Crippen molar-refractivity contribution in [3.8, 4) is 0 Å². The predicted molar refractivity (Wildman–Crippen MR) is 129 cm³/mol. The quantitative estimate of drug-likeness (QED) is 0.696. The van der Waals surface area contributed by atoms with E-state index in [1.165, 1.54) is 10.9 Å². The molecule has 3 aliphatic heterocycles. The molecule has 0 radical (unpaired) electrons. The molecule has 2 aromatic rings. The number of carbonyl (C=O) groups excluding carboxylic acids is 1. The second-order valence-corrected chi connectivity index (χ2v) is 11.1. The molecule has 0 saturated carbocycles. The molecule has 1 atom stereocenters. The van der Waals surface area contributed by atoms with Crippen molar-refractivity contribution in [2.45, 2.75) is 36.6 Å². The van der Waals surface area contributed by atoms with Crippen LogP contribution in [0.2, 0.25) is 0 Å². The predicted octanol–water partition coefficient (Wildman–Crippen LogP) is 3.03. The maximum atomic E-state index is 13.0. The molecule has 0 unspecified atom stereocenters. The number of amides is 1. The standard InChI is InChI=1S/C23H28N4O4S2/c28-23(24-16-19(20-5-4-14-32-20)26-10-12-31-13-11-26)17-7-8-18-21(15-17)33(29,30)25-22-6-2-1-3-9-27(18)22/h4-5,7-8,14-15,19H,1-3,6,9-13,16H2,(H,24,28)/t19-/m0/s1. The zero-order chi connectivity index (χ0) is 22.8. The number of benzene rings is 1. The van der Waals surface area contributed by atoms with Crippen LogP contribution in [0.25, 0.3) is 0 Å². The Morgan fingerprint density at radius 3 is 2.79 bits per heavy atom. The number of hydrogen-bond acceptors (Lipinski definition) is 7. The summed E-state index contributed by atoms with van der Waals surface area (Å²) >= 11 is 1.67. The Bertz CT molecular complexity index is 1140. The van der Waals surface area contributed by atoms with Gasteiger partial charge < -0.3 is 15.0 Å². The maximum Gasteiger partial charge on any atom is 0.286 e. The van der Waals surface area contributed by atoms with E-state index in [9.17, 15) is 13.2 Å². The minimum absolute atomic E-state index is 0.0588. The van der Waals surface area contributed by atoms with Gasteiger partial charge in [0.2, 0.25) is 0 Å². The van der Waals surface area contributed by atoms with E-state index in [-0.39, 0.29) is 16.8 Å². The molecule has 2 fully saturated rings. The second-order valence-electron chi connectivity index (χ2n) is 8.52. The van der Waals surface area contributed by atoms with Gasteiger partial charge in [-0.15, -0.1) is 15.7 Å². The Kier molecular flexibility index (Phi) is 6.51. The number of nitrogens with zero attached hydrogens (tertiary/aromatic N) is 3. The van der Waals surface area contributed by atoms with Crippen LogP contribution in [-0.4, -0.2) is 64.5 Å². The Morgan fingerprint density at radius 2 is 2.00 bits per heavy atom. The molecular weight excluding hydrogens is 460 g/mol. The third kappa shape index (κ3) is 4.70. The van der Waals surface area contributed by atoms with Crippen LogP contribution in [0, 0.1) is 0 Å². The van der Waals surface area contributed by atoms with Crippen LogP contribution in [0.3, 0.4) is 0 Å². The van der Waals surface area contributed by atoms with E-state index in [2.05, 4.69) is 20.7 Å². The van der Waals surface area contributed by atoms with Gasteiger partial charge in [-0.1, -0.05) is 12.5 Å². The van der Waals surface area contributed by atoms with Gasteiger partial charge in [0.1, 0.15) is 10.7 Å². The zero-order valence-electron chi connectivity index (χ0n) is 18.4. The van der Waals surface area contributed by atoms with Crippen molar-refractivity contribution in [1.82, 2.24) is 10.2 Å². The Hall–Kier alpha value is -2.27. The van der Waals surface area contributed by atoms with Crippen molar-refractivity contribution >= 4 is 38.8 Å². The number of sulfonamides is 1. The first kappa shape index (κ1) is 22.5. The van der Waals surface area contributed by atoms with Crippen molar-refractivity contribution in [1.29, 1.82) is 0 Å². The van der Waals surface area contributed by atoms with E-state index in [1.807, 2.05) is 16.3 Å². The summed E-state index contributed by atoms with van der Waals surface area (Å²) in [5.41, 5.74) is 0.959. The fourth-order valence-corrected chi connectivity index (χ4v) is 6.84. The average Bonchev–Trinajstić information content (AvgIpc) is 3.25. The molecule has 5 rings (SSSR count). The smallest absolute Gasteiger partial charge is 0.286 e. The van der Waals surface area contributed by atoms with Gasteiger partial charge in [0.25, 0.3) is 15.9 Å². The summed E-state index contributed by atoms with van der Waals surface area (Å²) in [6.45, 7) is 4.17.